The summed E-state index contributed by atoms with van der Waals surface area (Å²) in [5.41, 5.74) is 4.05. The molecule has 0 bridgehead atoms. The first-order valence-corrected chi connectivity index (χ1v) is 17.2. The summed E-state index contributed by atoms with van der Waals surface area (Å²) in [5, 5.41) is 16.7. The summed E-state index contributed by atoms with van der Waals surface area (Å²) < 4.78 is 0. The van der Waals surface area contributed by atoms with Gasteiger partial charge in [0.2, 0.25) is 5.91 Å². The van der Waals surface area contributed by atoms with Gasteiger partial charge in [0.1, 0.15) is 5.92 Å². The topological polar surface area (TPSA) is 72.7 Å². The molecule has 2 aromatic carbocycles. The van der Waals surface area contributed by atoms with E-state index in [-0.39, 0.29) is 17.7 Å². The van der Waals surface area contributed by atoms with Gasteiger partial charge in [-0.1, -0.05) is 167 Å². The molecule has 0 saturated heterocycles. The van der Waals surface area contributed by atoms with E-state index in [1.54, 1.807) is 4.80 Å². The van der Waals surface area contributed by atoms with E-state index in [0.717, 1.165) is 35.3 Å². The number of hydrogen-bond donors (Lipinski definition) is 1. The van der Waals surface area contributed by atoms with Gasteiger partial charge in [0.25, 0.3) is 0 Å². The van der Waals surface area contributed by atoms with Crippen LogP contribution in [0.4, 0.5) is 5.69 Å². The third kappa shape index (κ3) is 11.5. The average molecular weight is 588 g/mol. The van der Waals surface area contributed by atoms with Crippen molar-refractivity contribution in [1.82, 2.24) is 20.2 Å². The van der Waals surface area contributed by atoms with E-state index in [1.165, 1.54) is 83.5 Å². The SMILES string of the molecule is CCCCCCCCCCCCCCCCn1nnc([C@H](C(=O)Nc2c(C(C)C)cccc2C(C)C)c2ccccc2)n1. The molecule has 236 valence electrons. The Morgan fingerprint density at radius 2 is 1.21 bits per heavy atom. The van der Waals surface area contributed by atoms with E-state index in [9.17, 15) is 4.79 Å². The van der Waals surface area contributed by atoms with Crippen molar-refractivity contribution in [2.45, 2.75) is 149 Å². The lowest BCUT2D eigenvalue weighted by Gasteiger charge is -2.22. The number of unbranched alkanes of at least 4 members (excludes halogenated alkanes) is 13. The lowest BCUT2D eigenvalue weighted by atomic mass is 9.91. The Balaban J connectivity index is 1.51. The summed E-state index contributed by atoms with van der Waals surface area (Å²) in [7, 11) is 0. The Hall–Kier alpha value is -3.02. The van der Waals surface area contributed by atoms with E-state index in [0.29, 0.717) is 5.82 Å². The number of para-hydroxylation sites is 1. The zero-order valence-corrected chi connectivity index (χ0v) is 27.7. The molecule has 1 heterocycles. The lowest BCUT2D eigenvalue weighted by molar-refractivity contribution is -0.116. The first-order chi connectivity index (χ1) is 20.9. The summed E-state index contributed by atoms with van der Waals surface area (Å²) in [6.45, 7) is 11.6. The molecule has 6 heteroatoms. The Morgan fingerprint density at radius 3 is 1.72 bits per heavy atom. The molecule has 1 amide bonds. The van der Waals surface area contributed by atoms with Crippen molar-refractivity contribution in [1.29, 1.82) is 0 Å². The predicted molar refractivity (Wildman–Crippen MR) is 180 cm³/mol. The van der Waals surface area contributed by atoms with Gasteiger partial charge < -0.3 is 5.32 Å². The molecule has 3 rings (SSSR count). The number of aromatic nitrogens is 4. The monoisotopic (exact) mass is 587 g/mol. The van der Waals surface area contributed by atoms with Crippen molar-refractivity contribution >= 4 is 11.6 Å². The van der Waals surface area contributed by atoms with Gasteiger partial charge in [-0.3, -0.25) is 4.79 Å². The number of nitrogens with one attached hydrogen (secondary N) is 1. The number of nitrogens with zero attached hydrogens (tertiary/aromatic N) is 4. The molecular weight excluding hydrogens is 530 g/mol. The van der Waals surface area contributed by atoms with Gasteiger partial charge in [0.05, 0.1) is 6.54 Å². The molecule has 3 aromatic rings. The Labute approximate surface area is 261 Å². The number of amides is 1. The first kappa shape index (κ1) is 34.5. The van der Waals surface area contributed by atoms with Gasteiger partial charge in [-0.05, 0) is 40.2 Å². The van der Waals surface area contributed by atoms with Crippen LogP contribution >= 0.6 is 0 Å². The van der Waals surface area contributed by atoms with Crippen molar-refractivity contribution in [2.75, 3.05) is 5.32 Å². The van der Waals surface area contributed by atoms with E-state index >= 15 is 0 Å². The van der Waals surface area contributed by atoms with Gasteiger partial charge in [-0.2, -0.15) is 4.80 Å². The van der Waals surface area contributed by atoms with Gasteiger partial charge in [0.15, 0.2) is 5.82 Å². The maximum atomic E-state index is 13.9. The lowest BCUT2D eigenvalue weighted by Crippen LogP contribution is -2.25. The van der Waals surface area contributed by atoms with Crippen LogP contribution in [0.2, 0.25) is 0 Å². The molecule has 0 aliphatic rings. The zero-order valence-electron chi connectivity index (χ0n) is 27.7. The molecule has 0 spiro atoms. The molecule has 1 N–H and O–H groups in total. The first-order valence-electron chi connectivity index (χ1n) is 17.2. The minimum absolute atomic E-state index is 0.128. The van der Waals surface area contributed by atoms with E-state index in [2.05, 4.69) is 68.4 Å². The highest BCUT2D eigenvalue weighted by atomic mass is 16.2. The second-order valence-electron chi connectivity index (χ2n) is 12.8. The van der Waals surface area contributed by atoms with Crippen LogP contribution in [0.25, 0.3) is 0 Å². The molecule has 1 aromatic heterocycles. The van der Waals surface area contributed by atoms with Crippen LogP contribution in [-0.4, -0.2) is 26.1 Å². The Morgan fingerprint density at radius 1 is 0.698 bits per heavy atom. The molecule has 43 heavy (non-hydrogen) atoms. The number of rotatable bonds is 21. The fourth-order valence-electron chi connectivity index (χ4n) is 5.87. The smallest absolute Gasteiger partial charge is 0.239 e. The minimum atomic E-state index is -0.633. The summed E-state index contributed by atoms with van der Waals surface area (Å²) in [5.74, 6) is 0.257. The number of carbonyl (C=O) groups is 1. The second kappa shape index (κ2) is 19.3. The highest BCUT2D eigenvalue weighted by molar-refractivity contribution is 5.99. The van der Waals surface area contributed by atoms with Crippen LogP contribution < -0.4 is 5.32 Å². The maximum Gasteiger partial charge on any atom is 0.239 e. The summed E-state index contributed by atoms with van der Waals surface area (Å²) in [6, 6.07) is 16.1. The summed E-state index contributed by atoms with van der Waals surface area (Å²) in [4.78, 5) is 15.6. The average Bonchev–Trinajstić information content (AvgIpc) is 3.46. The van der Waals surface area contributed by atoms with Gasteiger partial charge in [-0.25, -0.2) is 0 Å². The van der Waals surface area contributed by atoms with E-state index in [1.807, 2.05) is 30.3 Å². The Bertz CT molecular complexity index is 1160. The summed E-state index contributed by atoms with van der Waals surface area (Å²) in [6.07, 6.45) is 18.6. The van der Waals surface area contributed by atoms with E-state index < -0.39 is 5.92 Å². The molecule has 0 fully saturated rings. The number of aryl methyl sites for hydroxylation is 1. The molecule has 0 aliphatic heterocycles. The van der Waals surface area contributed by atoms with Crippen molar-refractivity contribution in [2.24, 2.45) is 0 Å². The number of hydrogen-bond acceptors (Lipinski definition) is 4. The highest BCUT2D eigenvalue weighted by Gasteiger charge is 2.29. The quantitative estimate of drug-likeness (QED) is 0.126. The Kier molecular flexibility index (Phi) is 15.5. The highest BCUT2D eigenvalue weighted by Crippen LogP contribution is 2.34. The minimum Gasteiger partial charge on any atom is -0.325 e. The van der Waals surface area contributed by atoms with Crippen molar-refractivity contribution < 1.29 is 4.79 Å². The zero-order chi connectivity index (χ0) is 30.9. The van der Waals surface area contributed by atoms with Crippen molar-refractivity contribution in [3.8, 4) is 0 Å². The number of benzene rings is 2. The normalized spacial score (nSPS) is 12.3. The van der Waals surface area contributed by atoms with Crippen LogP contribution in [0.1, 0.15) is 165 Å². The van der Waals surface area contributed by atoms with Gasteiger partial charge in [0, 0.05) is 5.69 Å². The van der Waals surface area contributed by atoms with Crippen molar-refractivity contribution in [3.05, 3.63) is 71.0 Å². The van der Waals surface area contributed by atoms with Gasteiger partial charge >= 0.3 is 0 Å². The molecule has 0 aliphatic carbocycles. The van der Waals surface area contributed by atoms with Crippen LogP contribution in [0.5, 0.6) is 0 Å². The number of carbonyl (C=O) groups excluding carboxylic acids is 1. The summed E-state index contributed by atoms with van der Waals surface area (Å²) >= 11 is 0. The second-order valence-corrected chi connectivity index (χ2v) is 12.8. The van der Waals surface area contributed by atoms with Crippen LogP contribution in [0.15, 0.2) is 48.5 Å². The molecule has 0 unspecified atom stereocenters. The fourth-order valence-corrected chi connectivity index (χ4v) is 5.87. The molecule has 6 nitrogen and oxygen atoms in total. The third-order valence-electron chi connectivity index (χ3n) is 8.45. The number of tetrazole rings is 1. The molecule has 0 radical (unpaired) electrons. The largest absolute Gasteiger partial charge is 0.325 e. The van der Waals surface area contributed by atoms with Gasteiger partial charge in [-0.15, -0.1) is 10.2 Å². The third-order valence-corrected chi connectivity index (χ3v) is 8.45. The number of anilines is 1. The van der Waals surface area contributed by atoms with Crippen LogP contribution in [0, 0.1) is 0 Å². The standard InChI is InChI=1S/C37H57N5O/c1-6-7-8-9-10-11-12-13-14-15-16-17-18-22-28-42-40-36(39-41-42)34(31-24-20-19-21-25-31)37(43)38-35-32(29(2)3)26-23-27-33(35)30(4)5/h19-21,23-27,29-30,34H,6-18,22,28H2,1-5H3,(H,38,43)/t34-/m1/s1. The van der Waals surface area contributed by atoms with E-state index in [4.69, 9.17) is 5.10 Å². The van der Waals surface area contributed by atoms with Crippen LogP contribution in [-0.2, 0) is 11.3 Å². The molecular formula is C37H57N5O. The van der Waals surface area contributed by atoms with Crippen molar-refractivity contribution in [3.63, 3.8) is 0 Å². The molecule has 1 atom stereocenters. The predicted octanol–water partition coefficient (Wildman–Crippen LogP) is 10.2. The van der Waals surface area contributed by atoms with Crippen LogP contribution in [0.3, 0.4) is 0 Å². The maximum absolute atomic E-state index is 13.9. The molecule has 0 saturated carbocycles. The fraction of sp³-hybridized carbons (Fsp3) is 0.622.